The number of nitrogens with zero attached hydrogens (tertiary/aromatic N) is 2. The van der Waals surface area contributed by atoms with Crippen molar-refractivity contribution in [3.05, 3.63) is 53.1 Å². The first kappa shape index (κ1) is 16.9. The maximum absolute atomic E-state index is 14.0. The molecule has 1 aromatic heterocycles. The fourth-order valence-corrected chi connectivity index (χ4v) is 2.48. The van der Waals surface area contributed by atoms with E-state index in [4.69, 9.17) is 0 Å². The minimum atomic E-state index is -0.629. The van der Waals surface area contributed by atoms with E-state index in [1.54, 1.807) is 6.92 Å². The molecule has 2 aromatic rings. The fraction of sp³-hybridized carbons (Fsp3) is 0.333. The number of hydrogen-bond acceptors (Lipinski definition) is 2. The molecular weight excluding hydrogens is 293 g/mol. The van der Waals surface area contributed by atoms with Gasteiger partial charge in [0.2, 0.25) is 5.95 Å². The van der Waals surface area contributed by atoms with Gasteiger partial charge >= 0.3 is 0 Å². The highest BCUT2D eigenvalue weighted by molar-refractivity contribution is 6.06. The molecule has 23 heavy (non-hydrogen) atoms. The highest BCUT2D eigenvalue weighted by Crippen LogP contribution is 2.25. The van der Waals surface area contributed by atoms with Crippen molar-refractivity contribution in [3.63, 3.8) is 0 Å². The van der Waals surface area contributed by atoms with Crippen LogP contribution in [0.4, 0.5) is 10.1 Å². The Balaban J connectivity index is 2.32. The van der Waals surface area contributed by atoms with Crippen LogP contribution >= 0.6 is 0 Å². The third-order valence-corrected chi connectivity index (χ3v) is 3.72. The van der Waals surface area contributed by atoms with Crippen molar-refractivity contribution in [3.8, 4) is 0 Å². The van der Waals surface area contributed by atoms with Crippen LogP contribution in [-0.4, -0.2) is 15.7 Å². The Morgan fingerprint density at radius 3 is 2.70 bits per heavy atom. The van der Waals surface area contributed by atoms with Crippen molar-refractivity contribution in [2.45, 2.75) is 33.6 Å². The molecule has 1 N–H and O–H groups in total. The number of nitrogens with one attached hydrogen (secondary N) is 1. The van der Waals surface area contributed by atoms with Gasteiger partial charge in [-0.25, -0.2) is 4.68 Å². The van der Waals surface area contributed by atoms with Crippen LogP contribution in [-0.2, 0) is 7.05 Å². The van der Waals surface area contributed by atoms with Crippen molar-refractivity contribution >= 4 is 17.2 Å². The Hall–Kier alpha value is -2.43. The lowest BCUT2D eigenvalue weighted by molar-refractivity contribution is 0.102. The number of rotatable bonds is 5. The van der Waals surface area contributed by atoms with Crippen molar-refractivity contribution in [1.82, 2.24) is 9.78 Å². The quantitative estimate of drug-likeness (QED) is 0.893. The smallest absolute Gasteiger partial charge is 0.262 e. The summed E-state index contributed by atoms with van der Waals surface area (Å²) in [5, 5.41) is 6.75. The number of para-hydroxylation sites is 1. The molecule has 1 aromatic carbocycles. The largest absolute Gasteiger partial charge is 0.321 e. The van der Waals surface area contributed by atoms with E-state index in [9.17, 15) is 9.18 Å². The monoisotopic (exact) mass is 315 g/mol. The summed E-state index contributed by atoms with van der Waals surface area (Å²) >= 11 is 0. The molecule has 0 aliphatic heterocycles. The average Bonchev–Trinajstić information content (AvgIpc) is 2.78. The molecule has 1 amide bonds. The van der Waals surface area contributed by atoms with Gasteiger partial charge in [0, 0.05) is 18.3 Å². The van der Waals surface area contributed by atoms with Gasteiger partial charge in [-0.15, -0.1) is 0 Å². The first-order valence-corrected chi connectivity index (χ1v) is 7.72. The molecule has 5 heteroatoms. The molecule has 4 nitrogen and oxygen atoms in total. The zero-order valence-electron chi connectivity index (χ0n) is 14.0. The van der Waals surface area contributed by atoms with E-state index in [1.807, 2.05) is 31.2 Å². The minimum absolute atomic E-state index is 0.0162. The molecule has 0 fully saturated rings. The van der Waals surface area contributed by atoms with Gasteiger partial charge in [0.1, 0.15) is 5.56 Å². The Labute approximate surface area is 136 Å². The summed E-state index contributed by atoms with van der Waals surface area (Å²) < 4.78 is 15.1. The summed E-state index contributed by atoms with van der Waals surface area (Å²) in [7, 11) is 1.48. The van der Waals surface area contributed by atoms with Crippen LogP contribution in [0.2, 0.25) is 0 Å². The highest BCUT2D eigenvalue weighted by atomic mass is 19.1. The maximum atomic E-state index is 14.0. The fourth-order valence-electron chi connectivity index (χ4n) is 2.48. The number of carbonyl (C=O) groups excluding carboxylic acids is 1. The van der Waals surface area contributed by atoms with Gasteiger partial charge in [0.25, 0.3) is 5.91 Å². The Morgan fingerprint density at radius 2 is 2.09 bits per heavy atom. The van der Waals surface area contributed by atoms with E-state index in [2.05, 4.69) is 23.4 Å². The van der Waals surface area contributed by atoms with Crippen LogP contribution in [0.3, 0.4) is 0 Å². The molecule has 0 saturated heterocycles. The second kappa shape index (κ2) is 7.22. The first-order valence-electron chi connectivity index (χ1n) is 7.72. The van der Waals surface area contributed by atoms with Gasteiger partial charge in [-0.2, -0.15) is 9.49 Å². The minimum Gasteiger partial charge on any atom is -0.321 e. The number of carbonyl (C=O) groups is 1. The van der Waals surface area contributed by atoms with Crippen molar-refractivity contribution in [1.29, 1.82) is 0 Å². The molecule has 0 saturated carbocycles. The van der Waals surface area contributed by atoms with Crippen LogP contribution in [0, 0.1) is 12.9 Å². The predicted octanol–water partition coefficient (Wildman–Crippen LogP) is 4.32. The lowest BCUT2D eigenvalue weighted by Crippen LogP contribution is -2.15. The number of unbranched alkanes of at least 4 members (excludes halogenated alkanes) is 1. The molecule has 0 unspecified atom stereocenters. The van der Waals surface area contributed by atoms with Crippen molar-refractivity contribution < 1.29 is 9.18 Å². The van der Waals surface area contributed by atoms with Crippen LogP contribution in [0.15, 0.2) is 30.3 Å². The second-order valence-corrected chi connectivity index (χ2v) is 5.55. The molecule has 0 aliphatic rings. The number of anilines is 1. The molecule has 122 valence electrons. The molecule has 0 bridgehead atoms. The molecule has 0 aliphatic carbocycles. The van der Waals surface area contributed by atoms with Crippen LogP contribution < -0.4 is 5.32 Å². The Kier molecular flexibility index (Phi) is 5.32. The van der Waals surface area contributed by atoms with E-state index < -0.39 is 11.9 Å². The van der Waals surface area contributed by atoms with E-state index >= 15 is 0 Å². The number of benzene rings is 1. The van der Waals surface area contributed by atoms with E-state index in [-0.39, 0.29) is 5.56 Å². The third kappa shape index (κ3) is 3.67. The summed E-state index contributed by atoms with van der Waals surface area (Å²) in [6.07, 6.45) is 4.18. The molecule has 1 heterocycles. The van der Waals surface area contributed by atoms with Crippen LogP contribution in [0.1, 0.15) is 48.3 Å². The number of halogens is 1. The summed E-state index contributed by atoms with van der Waals surface area (Å²) in [5.41, 5.74) is 3.06. The van der Waals surface area contributed by atoms with Gasteiger partial charge in [0.15, 0.2) is 0 Å². The zero-order valence-corrected chi connectivity index (χ0v) is 14.0. The molecular formula is C18H22FN3O. The average molecular weight is 315 g/mol. The molecule has 2 rings (SSSR count). The van der Waals surface area contributed by atoms with Gasteiger partial charge in [-0.1, -0.05) is 37.6 Å². The first-order chi connectivity index (χ1) is 11.0. The molecule has 0 spiro atoms. The summed E-state index contributed by atoms with van der Waals surface area (Å²) in [6.45, 7) is 5.75. The van der Waals surface area contributed by atoms with Gasteiger partial charge in [-0.05, 0) is 31.9 Å². The lowest BCUT2D eigenvalue weighted by atomic mass is 10.0. The maximum Gasteiger partial charge on any atom is 0.262 e. The molecule has 0 radical (unpaired) electrons. The van der Waals surface area contributed by atoms with Crippen molar-refractivity contribution in [2.75, 3.05) is 5.32 Å². The van der Waals surface area contributed by atoms with Crippen LogP contribution in [0.25, 0.3) is 5.57 Å². The standard InChI is InChI=1S/C18H22FN3O/c1-5-6-9-12(2)14-10-7-8-11-15(14)20-18(23)16-13(3)21-22(4)17(16)19/h7-11H,5-6H2,1-4H3,(H,20,23)/b12-9-. The summed E-state index contributed by atoms with van der Waals surface area (Å²) in [5.74, 6) is -1.11. The molecule has 0 atom stereocenters. The Bertz CT molecular complexity index is 747. The van der Waals surface area contributed by atoms with Gasteiger partial charge < -0.3 is 5.32 Å². The Morgan fingerprint density at radius 1 is 1.39 bits per heavy atom. The van der Waals surface area contributed by atoms with Gasteiger partial charge in [-0.3, -0.25) is 4.79 Å². The van der Waals surface area contributed by atoms with E-state index in [1.165, 1.54) is 7.05 Å². The normalized spacial score (nSPS) is 11.6. The SMILES string of the molecule is CCC/C=C(/C)c1ccccc1NC(=O)c1c(C)nn(C)c1F. The van der Waals surface area contributed by atoms with Crippen LogP contribution in [0.5, 0.6) is 0 Å². The number of aryl methyl sites for hydroxylation is 2. The summed E-state index contributed by atoms with van der Waals surface area (Å²) in [4.78, 5) is 12.4. The van der Waals surface area contributed by atoms with Gasteiger partial charge in [0.05, 0.1) is 5.69 Å². The summed E-state index contributed by atoms with van der Waals surface area (Å²) in [6, 6.07) is 7.53. The second-order valence-electron chi connectivity index (χ2n) is 5.55. The predicted molar refractivity (Wildman–Crippen MR) is 90.9 cm³/mol. The lowest BCUT2D eigenvalue weighted by Gasteiger charge is -2.11. The van der Waals surface area contributed by atoms with Crippen molar-refractivity contribution in [2.24, 2.45) is 7.05 Å². The topological polar surface area (TPSA) is 46.9 Å². The number of hydrogen-bond donors (Lipinski definition) is 1. The third-order valence-electron chi connectivity index (χ3n) is 3.72. The number of amides is 1. The van der Waals surface area contributed by atoms with E-state index in [0.717, 1.165) is 28.7 Å². The zero-order chi connectivity index (χ0) is 17.0. The van der Waals surface area contributed by atoms with E-state index in [0.29, 0.717) is 11.4 Å². The number of aromatic nitrogens is 2. The number of allylic oxidation sites excluding steroid dienone is 2. The highest BCUT2D eigenvalue weighted by Gasteiger charge is 2.21.